The van der Waals surface area contributed by atoms with E-state index in [1.165, 1.54) is 10.5 Å². The minimum absolute atomic E-state index is 0.149. The molecule has 8 nitrogen and oxygen atoms in total. The van der Waals surface area contributed by atoms with Crippen molar-refractivity contribution in [3.63, 3.8) is 0 Å². The number of pyridine rings is 1. The molecule has 0 saturated heterocycles. The van der Waals surface area contributed by atoms with Crippen LogP contribution in [-0.4, -0.2) is 23.8 Å². The summed E-state index contributed by atoms with van der Waals surface area (Å²) in [4.78, 5) is 16.5. The quantitative estimate of drug-likeness (QED) is 0.219. The summed E-state index contributed by atoms with van der Waals surface area (Å²) in [6, 6.07) is 16.3. The average Bonchev–Trinajstić information content (AvgIpc) is 2.68. The number of carbonyl (C=O) groups excluding carboxylic acids is 1. The number of rotatable bonds is 7. The standard InChI is InChI=1S/C18H18N6O2/c19-12-24(23-20)14-6-2-7-15(10-14)26-11-17(25)22-16-8-1-4-13-5-3-9-21-18(13)16/h1-10,12,19,23H,11,20H2,(H,22,25)/p+1. The molecule has 3 rings (SSSR count). The second kappa shape index (κ2) is 8.06. The van der Waals surface area contributed by atoms with E-state index in [4.69, 9.17) is 16.0 Å². The molecule has 0 aliphatic rings. The summed E-state index contributed by atoms with van der Waals surface area (Å²) in [5.41, 5.74) is 3.30. The number of para-hydroxylation sites is 1. The van der Waals surface area contributed by atoms with Gasteiger partial charge >= 0.3 is 0 Å². The monoisotopic (exact) mass is 351 g/mol. The van der Waals surface area contributed by atoms with Gasteiger partial charge in [-0.1, -0.05) is 24.3 Å². The number of anilines is 2. The van der Waals surface area contributed by atoms with Gasteiger partial charge in [0, 0.05) is 17.6 Å². The highest BCUT2D eigenvalue weighted by atomic mass is 16.5. The van der Waals surface area contributed by atoms with Crippen LogP contribution >= 0.6 is 0 Å². The SMILES string of the molecule is N=CN([NH2+]N)c1cccc(OCC(=O)Nc2cccc3cccnc23)c1. The minimum atomic E-state index is -0.289. The first-order chi connectivity index (χ1) is 12.7. The molecule has 0 saturated carbocycles. The number of quaternary nitrogens is 1. The molecule has 0 aliphatic carbocycles. The molecule has 2 aromatic carbocycles. The number of hydrogen-bond acceptors (Lipinski definition) is 5. The van der Waals surface area contributed by atoms with Gasteiger partial charge in [0.1, 0.15) is 17.8 Å². The van der Waals surface area contributed by atoms with Gasteiger partial charge < -0.3 is 10.1 Å². The van der Waals surface area contributed by atoms with E-state index >= 15 is 0 Å². The number of nitrogens with one attached hydrogen (secondary N) is 2. The highest BCUT2D eigenvalue weighted by molar-refractivity contribution is 6.00. The molecule has 3 aromatic rings. The Morgan fingerprint density at radius 1 is 1.27 bits per heavy atom. The molecule has 0 fully saturated rings. The summed E-state index contributed by atoms with van der Waals surface area (Å²) in [6.07, 6.45) is 2.77. The molecule has 0 bridgehead atoms. The Balaban J connectivity index is 1.66. The van der Waals surface area contributed by atoms with Crippen LogP contribution in [0.4, 0.5) is 11.4 Å². The maximum absolute atomic E-state index is 12.2. The van der Waals surface area contributed by atoms with E-state index in [1.807, 2.05) is 24.3 Å². The normalized spacial score (nSPS) is 10.3. The zero-order valence-electron chi connectivity index (χ0n) is 13.9. The highest BCUT2D eigenvalue weighted by Gasteiger charge is 2.09. The largest absolute Gasteiger partial charge is 0.484 e. The molecule has 0 aliphatic heterocycles. The zero-order valence-corrected chi connectivity index (χ0v) is 13.9. The van der Waals surface area contributed by atoms with E-state index in [9.17, 15) is 4.79 Å². The maximum Gasteiger partial charge on any atom is 0.262 e. The van der Waals surface area contributed by atoms with Crippen LogP contribution < -0.4 is 26.4 Å². The number of aromatic nitrogens is 1. The molecule has 26 heavy (non-hydrogen) atoms. The predicted molar refractivity (Wildman–Crippen MR) is 99.7 cm³/mol. The van der Waals surface area contributed by atoms with Crippen LogP contribution in [0.25, 0.3) is 10.9 Å². The number of fused-ring (bicyclic) bond motifs is 1. The van der Waals surface area contributed by atoms with E-state index in [-0.39, 0.29) is 12.5 Å². The van der Waals surface area contributed by atoms with Crippen molar-refractivity contribution in [2.45, 2.75) is 0 Å². The molecule has 0 spiro atoms. The van der Waals surface area contributed by atoms with Crippen LogP contribution in [0.3, 0.4) is 0 Å². The van der Waals surface area contributed by atoms with Crippen molar-refractivity contribution in [3.05, 3.63) is 60.8 Å². The van der Waals surface area contributed by atoms with Gasteiger partial charge in [-0.2, -0.15) is 16.4 Å². The molecular weight excluding hydrogens is 332 g/mol. The number of ether oxygens (including phenoxy) is 1. The fourth-order valence-electron chi connectivity index (χ4n) is 2.48. The lowest BCUT2D eigenvalue weighted by Gasteiger charge is -2.14. The molecule has 1 aromatic heterocycles. The number of amides is 1. The summed E-state index contributed by atoms with van der Waals surface area (Å²) in [5.74, 6) is 5.67. The third-order valence-electron chi connectivity index (χ3n) is 3.69. The Hall–Kier alpha value is -3.49. The third-order valence-corrected chi connectivity index (χ3v) is 3.69. The van der Waals surface area contributed by atoms with E-state index in [0.717, 1.165) is 17.2 Å². The van der Waals surface area contributed by atoms with Gasteiger partial charge in [0.25, 0.3) is 5.91 Å². The fraction of sp³-hybridized carbons (Fsp3) is 0.0556. The second-order valence-electron chi connectivity index (χ2n) is 5.40. The van der Waals surface area contributed by atoms with E-state index in [2.05, 4.69) is 10.3 Å². The van der Waals surface area contributed by atoms with Crippen LogP contribution in [0.5, 0.6) is 5.75 Å². The third kappa shape index (κ3) is 3.94. The molecule has 132 valence electrons. The van der Waals surface area contributed by atoms with Gasteiger partial charge in [0.15, 0.2) is 6.61 Å². The van der Waals surface area contributed by atoms with Gasteiger partial charge in [0.2, 0.25) is 0 Å². The lowest BCUT2D eigenvalue weighted by molar-refractivity contribution is -0.666. The van der Waals surface area contributed by atoms with Crippen LogP contribution in [0.1, 0.15) is 0 Å². The number of benzene rings is 2. The van der Waals surface area contributed by atoms with E-state index in [0.29, 0.717) is 17.1 Å². The van der Waals surface area contributed by atoms with Crippen molar-refractivity contribution in [2.75, 3.05) is 16.9 Å². The van der Waals surface area contributed by atoms with E-state index < -0.39 is 0 Å². The zero-order chi connectivity index (χ0) is 18.4. The average molecular weight is 351 g/mol. The van der Waals surface area contributed by atoms with Gasteiger partial charge in [-0.05, 0) is 24.3 Å². The maximum atomic E-state index is 12.2. The first-order valence-electron chi connectivity index (χ1n) is 7.92. The molecule has 6 N–H and O–H groups in total. The number of nitrogens with two attached hydrogens (primary N) is 2. The first-order valence-corrected chi connectivity index (χ1v) is 7.92. The molecule has 0 radical (unpaired) electrons. The van der Waals surface area contributed by atoms with Crippen LogP contribution in [0, 0.1) is 5.41 Å². The topological polar surface area (TPSA) is 121 Å². The Morgan fingerprint density at radius 3 is 2.88 bits per heavy atom. The van der Waals surface area contributed by atoms with Crippen LogP contribution in [-0.2, 0) is 4.79 Å². The predicted octanol–water partition coefficient (Wildman–Crippen LogP) is 1.02. The fourth-order valence-corrected chi connectivity index (χ4v) is 2.48. The van der Waals surface area contributed by atoms with Crippen LogP contribution in [0.2, 0.25) is 0 Å². The second-order valence-corrected chi connectivity index (χ2v) is 5.40. The van der Waals surface area contributed by atoms with Gasteiger partial charge in [-0.25, -0.2) is 0 Å². The smallest absolute Gasteiger partial charge is 0.262 e. The summed E-state index contributed by atoms with van der Waals surface area (Å²) in [5, 5.41) is 12.5. The number of nitrogens with zero attached hydrogens (tertiary/aromatic N) is 2. The van der Waals surface area contributed by atoms with Crippen molar-refractivity contribution < 1.29 is 15.1 Å². The lowest BCUT2D eigenvalue weighted by Crippen LogP contribution is -3.00. The number of carbonyl (C=O) groups is 1. The summed E-state index contributed by atoms with van der Waals surface area (Å²) >= 11 is 0. The summed E-state index contributed by atoms with van der Waals surface area (Å²) in [6.45, 7) is -0.149. The highest BCUT2D eigenvalue weighted by Crippen LogP contribution is 2.21. The first kappa shape index (κ1) is 17.3. The van der Waals surface area contributed by atoms with Gasteiger partial charge in [0.05, 0.1) is 11.2 Å². The van der Waals surface area contributed by atoms with E-state index in [1.54, 1.807) is 36.5 Å². The molecular formula is C18H19N6O2+. The minimum Gasteiger partial charge on any atom is -0.484 e. The molecule has 1 heterocycles. The van der Waals surface area contributed by atoms with Crippen LogP contribution in [0.15, 0.2) is 60.8 Å². The van der Waals surface area contributed by atoms with Crippen molar-refractivity contribution in [2.24, 2.45) is 5.84 Å². The lowest BCUT2D eigenvalue weighted by atomic mass is 10.2. The Kier molecular flexibility index (Phi) is 5.37. The van der Waals surface area contributed by atoms with Crippen molar-refractivity contribution >= 4 is 34.5 Å². The van der Waals surface area contributed by atoms with Crippen molar-refractivity contribution in [1.82, 2.24) is 4.98 Å². The van der Waals surface area contributed by atoms with Crippen molar-refractivity contribution in [3.8, 4) is 5.75 Å². The molecule has 0 atom stereocenters. The van der Waals surface area contributed by atoms with Gasteiger partial charge in [-0.15, -0.1) is 0 Å². The summed E-state index contributed by atoms with van der Waals surface area (Å²) < 4.78 is 5.54. The Morgan fingerprint density at radius 2 is 2.08 bits per heavy atom. The Labute approximate surface area is 150 Å². The van der Waals surface area contributed by atoms with Gasteiger partial charge in [-0.3, -0.25) is 15.2 Å². The summed E-state index contributed by atoms with van der Waals surface area (Å²) in [7, 11) is 0. The molecule has 8 heteroatoms. The van der Waals surface area contributed by atoms with Crippen molar-refractivity contribution in [1.29, 1.82) is 5.41 Å². The molecule has 0 unspecified atom stereocenters. The Bertz CT molecular complexity index is 925. The molecule has 1 amide bonds. The number of hydrogen-bond donors (Lipinski definition) is 4.